The van der Waals surface area contributed by atoms with Crippen LogP contribution < -0.4 is 0 Å². The van der Waals surface area contributed by atoms with Gasteiger partial charge >= 0.3 is 0 Å². The fraction of sp³-hybridized carbons (Fsp3) is 0.278. The molecule has 0 saturated carbocycles. The van der Waals surface area contributed by atoms with Crippen molar-refractivity contribution < 1.29 is 18.8 Å². The number of carbonyl (C=O) groups excluding carboxylic acids is 3. The van der Waals surface area contributed by atoms with Crippen molar-refractivity contribution in [2.24, 2.45) is 0 Å². The van der Waals surface area contributed by atoms with Crippen LogP contribution in [0.25, 0.3) is 0 Å². The first kappa shape index (κ1) is 16.0. The molecule has 1 aliphatic rings. The van der Waals surface area contributed by atoms with Gasteiger partial charge in [0.25, 0.3) is 11.8 Å². The highest BCUT2D eigenvalue weighted by Gasteiger charge is 2.34. The van der Waals surface area contributed by atoms with E-state index < -0.39 is 0 Å². The average Bonchev–Trinajstić information content (AvgIpc) is 3.17. The lowest BCUT2D eigenvalue weighted by Gasteiger charge is -2.17. The number of hydrogen-bond donors (Lipinski definition) is 0. The SMILES string of the molecule is CN(Cc1ccco1)C(=O)CCCN1C(=O)c2ccccc2C1=O. The van der Waals surface area contributed by atoms with Crippen LogP contribution in [-0.2, 0) is 11.3 Å². The van der Waals surface area contributed by atoms with Crippen LogP contribution in [0, 0.1) is 0 Å². The largest absolute Gasteiger partial charge is 0.467 e. The quantitative estimate of drug-likeness (QED) is 0.764. The van der Waals surface area contributed by atoms with E-state index in [1.807, 2.05) is 6.07 Å². The van der Waals surface area contributed by atoms with Crippen molar-refractivity contribution >= 4 is 17.7 Å². The molecule has 0 radical (unpaired) electrons. The van der Waals surface area contributed by atoms with Crippen LogP contribution in [0.4, 0.5) is 0 Å². The number of nitrogens with zero attached hydrogens (tertiary/aromatic N) is 2. The number of rotatable bonds is 6. The van der Waals surface area contributed by atoms with Gasteiger partial charge in [-0.3, -0.25) is 19.3 Å². The molecule has 6 heteroatoms. The van der Waals surface area contributed by atoms with Gasteiger partial charge in [-0.2, -0.15) is 0 Å². The van der Waals surface area contributed by atoms with E-state index in [0.717, 1.165) is 0 Å². The normalized spacial score (nSPS) is 13.3. The van der Waals surface area contributed by atoms with Crippen molar-refractivity contribution in [1.29, 1.82) is 0 Å². The van der Waals surface area contributed by atoms with E-state index in [-0.39, 0.29) is 30.7 Å². The molecule has 1 aromatic heterocycles. The molecule has 2 aromatic rings. The van der Waals surface area contributed by atoms with Crippen molar-refractivity contribution in [2.75, 3.05) is 13.6 Å². The maximum absolute atomic E-state index is 12.2. The topological polar surface area (TPSA) is 70.8 Å². The first-order valence-corrected chi connectivity index (χ1v) is 7.79. The second-order valence-corrected chi connectivity index (χ2v) is 5.74. The Hall–Kier alpha value is -2.89. The van der Waals surface area contributed by atoms with Gasteiger partial charge in [0.1, 0.15) is 5.76 Å². The van der Waals surface area contributed by atoms with Gasteiger partial charge in [-0.15, -0.1) is 0 Å². The molecular weight excluding hydrogens is 308 g/mol. The second-order valence-electron chi connectivity index (χ2n) is 5.74. The van der Waals surface area contributed by atoms with Gasteiger partial charge in [-0.1, -0.05) is 12.1 Å². The summed E-state index contributed by atoms with van der Waals surface area (Å²) < 4.78 is 5.21. The summed E-state index contributed by atoms with van der Waals surface area (Å²) in [6.07, 6.45) is 2.27. The monoisotopic (exact) mass is 326 g/mol. The molecule has 0 unspecified atom stereocenters. The van der Waals surface area contributed by atoms with Crippen molar-refractivity contribution in [3.63, 3.8) is 0 Å². The van der Waals surface area contributed by atoms with Crippen molar-refractivity contribution in [1.82, 2.24) is 9.80 Å². The number of amides is 3. The van der Waals surface area contributed by atoms with Crippen LogP contribution in [0.5, 0.6) is 0 Å². The molecule has 3 rings (SSSR count). The number of hydrogen-bond acceptors (Lipinski definition) is 4. The zero-order chi connectivity index (χ0) is 17.1. The molecule has 24 heavy (non-hydrogen) atoms. The first-order valence-electron chi connectivity index (χ1n) is 7.79. The minimum Gasteiger partial charge on any atom is -0.467 e. The lowest BCUT2D eigenvalue weighted by atomic mass is 10.1. The van der Waals surface area contributed by atoms with Gasteiger partial charge in [-0.25, -0.2) is 0 Å². The number of benzene rings is 1. The molecule has 0 aliphatic carbocycles. The van der Waals surface area contributed by atoms with Crippen LogP contribution in [0.2, 0.25) is 0 Å². The molecule has 0 N–H and O–H groups in total. The lowest BCUT2D eigenvalue weighted by molar-refractivity contribution is -0.130. The van der Waals surface area contributed by atoms with Crippen LogP contribution in [0.3, 0.4) is 0 Å². The molecular formula is C18H18N2O4. The van der Waals surface area contributed by atoms with Crippen molar-refractivity contribution in [3.05, 3.63) is 59.5 Å². The Kier molecular flexibility index (Phi) is 4.46. The standard InChI is InChI=1S/C18H18N2O4/c1-19(12-13-6-5-11-24-13)16(21)9-4-10-20-17(22)14-7-2-3-8-15(14)18(20)23/h2-3,5-8,11H,4,9-10,12H2,1H3. The van der Waals surface area contributed by atoms with Crippen LogP contribution in [-0.4, -0.2) is 41.1 Å². The summed E-state index contributed by atoms with van der Waals surface area (Å²) in [5.74, 6) is 0.0909. The number of furan rings is 1. The number of fused-ring (bicyclic) bond motifs is 1. The third-order valence-electron chi connectivity index (χ3n) is 4.05. The Labute approximate surface area is 139 Å². The molecule has 6 nitrogen and oxygen atoms in total. The van der Waals surface area contributed by atoms with Crippen molar-refractivity contribution in [2.45, 2.75) is 19.4 Å². The van der Waals surface area contributed by atoms with Crippen LogP contribution in [0.1, 0.15) is 39.3 Å². The zero-order valence-electron chi connectivity index (χ0n) is 13.4. The molecule has 0 atom stereocenters. The Morgan fingerprint density at radius 1 is 1.08 bits per heavy atom. The summed E-state index contributed by atoms with van der Waals surface area (Å²) in [4.78, 5) is 39.4. The zero-order valence-corrected chi connectivity index (χ0v) is 13.4. The molecule has 1 aromatic carbocycles. The Balaban J connectivity index is 1.51. The molecule has 3 amide bonds. The minimum atomic E-state index is -0.285. The van der Waals surface area contributed by atoms with E-state index in [2.05, 4.69) is 0 Å². The van der Waals surface area contributed by atoms with E-state index in [9.17, 15) is 14.4 Å². The van der Waals surface area contributed by atoms with E-state index in [1.165, 1.54) is 4.90 Å². The van der Waals surface area contributed by atoms with E-state index >= 15 is 0 Å². The number of imide groups is 1. The lowest BCUT2D eigenvalue weighted by Crippen LogP contribution is -2.32. The Bertz CT molecular complexity index is 732. The van der Waals surface area contributed by atoms with E-state index in [0.29, 0.717) is 29.9 Å². The van der Waals surface area contributed by atoms with Gasteiger partial charge < -0.3 is 9.32 Å². The molecule has 1 aliphatic heterocycles. The van der Waals surface area contributed by atoms with Crippen molar-refractivity contribution in [3.8, 4) is 0 Å². The van der Waals surface area contributed by atoms with E-state index in [1.54, 1.807) is 48.5 Å². The fourth-order valence-corrected chi connectivity index (χ4v) is 2.75. The summed E-state index contributed by atoms with van der Waals surface area (Å²) in [6.45, 7) is 0.644. The molecule has 0 spiro atoms. The average molecular weight is 326 g/mol. The van der Waals surface area contributed by atoms with Gasteiger partial charge in [0.05, 0.1) is 23.9 Å². The minimum absolute atomic E-state index is 0.0528. The summed E-state index contributed by atoms with van der Waals surface area (Å²) in [5.41, 5.74) is 0.868. The molecule has 2 heterocycles. The summed E-state index contributed by atoms with van der Waals surface area (Å²) in [7, 11) is 1.70. The highest BCUT2D eigenvalue weighted by atomic mass is 16.3. The predicted molar refractivity (Wildman–Crippen MR) is 86.2 cm³/mol. The third-order valence-corrected chi connectivity index (χ3v) is 4.05. The second kappa shape index (κ2) is 6.70. The molecule has 0 bridgehead atoms. The first-order chi connectivity index (χ1) is 11.6. The smallest absolute Gasteiger partial charge is 0.261 e. The molecule has 124 valence electrons. The van der Waals surface area contributed by atoms with Gasteiger partial charge in [0.2, 0.25) is 5.91 Å². The van der Waals surface area contributed by atoms with Gasteiger partial charge in [-0.05, 0) is 30.7 Å². The van der Waals surface area contributed by atoms with E-state index in [4.69, 9.17) is 4.42 Å². The highest BCUT2D eigenvalue weighted by molar-refractivity contribution is 6.21. The number of carbonyl (C=O) groups is 3. The maximum Gasteiger partial charge on any atom is 0.261 e. The summed E-state index contributed by atoms with van der Waals surface area (Å²) >= 11 is 0. The van der Waals surface area contributed by atoms with Gasteiger partial charge in [0, 0.05) is 20.0 Å². The van der Waals surface area contributed by atoms with Crippen LogP contribution in [0.15, 0.2) is 47.1 Å². The molecule has 0 saturated heterocycles. The Morgan fingerprint density at radius 3 is 2.33 bits per heavy atom. The molecule has 0 fully saturated rings. The fourth-order valence-electron chi connectivity index (χ4n) is 2.75. The highest BCUT2D eigenvalue weighted by Crippen LogP contribution is 2.22. The summed E-state index contributed by atoms with van der Waals surface area (Å²) in [6, 6.07) is 10.4. The third kappa shape index (κ3) is 3.08. The maximum atomic E-state index is 12.2. The summed E-state index contributed by atoms with van der Waals surface area (Å²) in [5, 5.41) is 0. The Morgan fingerprint density at radius 2 is 1.75 bits per heavy atom. The predicted octanol–water partition coefficient (Wildman–Crippen LogP) is 2.31. The van der Waals surface area contributed by atoms with Gasteiger partial charge in [0.15, 0.2) is 0 Å². The van der Waals surface area contributed by atoms with Crippen LogP contribution >= 0.6 is 0 Å².